The fourth-order valence-electron chi connectivity index (χ4n) is 2.73. The molecule has 0 spiro atoms. The Kier molecular flexibility index (Phi) is 6.91. The van der Waals surface area contributed by atoms with Gasteiger partial charge in [0.05, 0.1) is 12.7 Å². The molecular formula is C21H17F3N2O4S. The topological polar surface area (TPSA) is 77.5 Å². The number of rotatable bonds is 8. The van der Waals surface area contributed by atoms with Gasteiger partial charge < -0.3 is 9.47 Å². The number of hydrogen-bond donors (Lipinski definition) is 1. The number of anilines is 1. The van der Waals surface area contributed by atoms with E-state index < -0.39 is 17.6 Å². The van der Waals surface area contributed by atoms with Crippen molar-refractivity contribution < 1.29 is 32.2 Å². The quantitative estimate of drug-likeness (QED) is 0.508. The van der Waals surface area contributed by atoms with E-state index in [1.54, 1.807) is 6.07 Å². The van der Waals surface area contributed by atoms with E-state index in [1.165, 1.54) is 48.9 Å². The van der Waals surface area contributed by atoms with E-state index in [1.807, 2.05) is 0 Å². The average molecular weight is 450 g/mol. The van der Waals surface area contributed by atoms with Gasteiger partial charge in [-0.2, -0.15) is 13.2 Å². The summed E-state index contributed by atoms with van der Waals surface area (Å²) in [5.74, 6) is 0.169. The Hall–Kier alpha value is -3.40. The Labute approximate surface area is 179 Å². The molecule has 10 heteroatoms. The first-order valence-electron chi connectivity index (χ1n) is 8.97. The first-order chi connectivity index (χ1) is 14.8. The summed E-state index contributed by atoms with van der Waals surface area (Å²) in [6.07, 6.45) is -2.04. The molecule has 3 rings (SSSR count). The van der Waals surface area contributed by atoms with Crippen molar-refractivity contribution in [2.24, 2.45) is 0 Å². The molecule has 2 aromatic carbocycles. The minimum absolute atomic E-state index is 0.143. The van der Waals surface area contributed by atoms with Crippen LogP contribution in [-0.2, 0) is 17.4 Å². The van der Waals surface area contributed by atoms with Crippen LogP contribution >= 0.6 is 11.3 Å². The molecule has 31 heavy (non-hydrogen) atoms. The van der Waals surface area contributed by atoms with E-state index in [-0.39, 0.29) is 18.6 Å². The van der Waals surface area contributed by atoms with Crippen molar-refractivity contribution in [1.29, 1.82) is 0 Å². The number of nitrogens with one attached hydrogen (secondary N) is 1. The fourth-order valence-corrected chi connectivity index (χ4v) is 3.57. The van der Waals surface area contributed by atoms with Gasteiger partial charge in [0.1, 0.15) is 6.61 Å². The molecule has 0 aliphatic heterocycles. The van der Waals surface area contributed by atoms with Crippen molar-refractivity contribution in [2.45, 2.75) is 12.6 Å². The smallest absolute Gasteiger partial charge is 0.416 e. The molecule has 0 aliphatic carbocycles. The highest BCUT2D eigenvalue weighted by Crippen LogP contribution is 2.31. The number of aromatic nitrogens is 1. The van der Waals surface area contributed by atoms with Crippen LogP contribution in [0.25, 0.3) is 0 Å². The SMILES string of the molecule is COc1cc(C(=O)Nc2ncc(Cc3cccc(C(F)(F)F)c3)s2)ccc1OCC=O. The lowest BCUT2D eigenvalue weighted by Crippen LogP contribution is -2.12. The lowest BCUT2D eigenvalue weighted by molar-refractivity contribution is -0.137. The third-order valence-electron chi connectivity index (χ3n) is 4.14. The van der Waals surface area contributed by atoms with Gasteiger partial charge in [-0.15, -0.1) is 11.3 Å². The largest absolute Gasteiger partial charge is 0.493 e. The number of hydrogen-bond acceptors (Lipinski definition) is 6. The molecule has 3 aromatic rings. The van der Waals surface area contributed by atoms with Gasteiger partial charge in [-0.05, 0) is 29.8 Å². The average Bonchev–Trinajstić information content (AvgIpc) is 3.18. The molecule has 6 nitrogen and oxygen atoms in total. The number of alkyl halides is 3. The Morgan fingerprint density at radius 1 is 1.19 bits per heavy atom. The van der Waals surface area contributed by atoms with Gasteiger partial charge in [0.25, 0.3) is 5.91 Å². The first kappa shape index (κ1) is 22.3. The molecule has 1 amide bonds. The molecule has 1 N–H and O–H groups in total. The minimum Gasteiger partial charge on any atom is -0.493 e. The molecule has 1 aromatic heterocycles. The van der Waals surface area contributed by atoms with Crippen molar-refractivity contribution in [3.63, 3.8) is 0 Å². The fraction of sp³-hybridized carbons (Fsp3) is 0.190. The van der Waals surface area contributed by atoms with Gasteiger partial charge in [0.15, 0.2) is 22.9 Å². The number of nitrogens with zero attached hydrogens (tertiary/aromatic N) is 1. The summed E-state index contributed by atoms with van der Waals surface area (Å²) in [6, 6.07) is 9.56. The number of halogens is 3. The molecule has 0 saturated carbocycles. The number of amides is 1. The normalized spacial score (nSPS) is 11.1. The predicted octanol–water partition coefficient (Wildman–Crippen LogP) is 4.59. The van der Waals surface area contributed by atoms with Crippen LogP contribution in [0.15, 0.2) is 48.7 Å². The van der Waals surface area contributed by atoms with Gasteiger partial charge in [-0.3, -0.25) is 14.9 Å². The van der Waals surface area contributed by atoms with Crippen LogP contribution in [-0.4, -0.2) is 30.9 Å². The standard InChI is InChI=1S/C21H17F3N2O4S/c1-29-18-11-14(5-6-17(18)30-8-7-27)19(28)26-20-25-12-16(31-20)10-13-3-2-4-15(9-13)21(22,23)24/h2-7,9,11-12H,8,10H2,1H3,(H,25,26,28). The molecule has 0 fully saturated rings. The number of thiazole rings is 1. The zero-order valence-electron chi connectivity index (χ0n) is 16.2. The highest BCUT2D eigenvalue weighted by Gasteiger charge is 2.30. The van der Waals surface area contributed by atoms with Crippen molar-refractivity contribution >= 4 is 28.7 Å². The zero-order valence-corrected chi connectivity index (χ0v) is 17.0. The second-order valence-electron chi connectivity index (χ2n) is 6.30. The monoisotopic (exact) mass is 450 g/mol. The highest BCUT2D eigenvalue weighted by atomic mass is 32.1. The molecule has 0 atom stereocenters. The van der Waals surface area contributed by atoms with E-state index >= 15 is 0 Å². The van der Waals surface area contributed by atoms with E-state index in [4.69, 9.17) is 9.47 Å². The molecular weight excluding hydrogens is 433 g/mol. The zero-order chi connectivity index (χ0) is 22.4. The second kappa shape index (κ2) is 9.61. The van der Waals surface area contributed by atoms with Crippen LogP contribution in [0, 0.1) is 0 Å². The summed E-state index contributed by atoms with van der Waals surface area (Å²) in [5.41, 5.74) is 0.0643. The van der Waals surface area contributed by atoms with Gasteiger partial charge in [-0.25, -0.2) is 4.98 Å². The molecule has 0 saturated heterocycles. The van der Waals surface area contributed by atoms with Crippen LogP contribution in [0.5, 0.6) is 11.5 Å². The van der Waals surface area contributed by atoms with Crippen LogP contribution < -0.4 is 14.8 Å². The maximum Gasteiger partial charge on any atom is 0.416 e. The van der Waals surface area contributed by atoms with Gasteiger partial charge in [0, 0.05) is 23.1 Å². The van der Waals surface area contributed by atoms with E-state index in [0.29, 0.717) is 33.4 Å². The number of methoxy groups -OCH3 is 1. The number of carbonyl (C=O) groups is 2. The highest BCUT2D eigenvalue weighted by molar-refractivity contribution is 7.15. The lowest BCUT2D eigenvalue weighted by Gasteiger charge is -2.10. The van der Waals surface area contributed by atoms with Crippen molar-refractivity contribution in [3.8, 4) is 11.5 Å². The Balaban J connectivity index is 1.68. The number of ether oxygens (including phenoxy) is 2. The van der Waals surface area contributed by atoms with Crippen molar-refractivity contribution in [3.05, 3.63) is 70.2 Å². The second-order valence-corrected chi connectivity index (χ2v) is 7.42. The number of benzene rings is 2. The van der Waals surface area contributed by atoms with Crippen LogP contribution in [0.4, 0.5) is 18.3 Å². The van der Waals surface area contributed by atoms with Gasteiger partial charge in [0.2, 0.25) is 0 Å². The van der Waals surface area contributed by atoms with E-state index in [9.17, 15) is 22.8 Å². The van der Waals surface area contributed by atoms with Crippen LogP contribution in [0.2, 0.25) is 0 Å². The third kappa shape index (κ3) is 5.82. The molecule has 0 bridgehead atoms. The summed E-state index contributed by atoms with van der Waals surface area (Å²) in [7, 11) is 1.41. The summed E-state index contributed by atoms with van der Waals surface area (Å²) in [5, 5.41) is 2.96. The Morgan fingerprint density at radius 2 is 2.00 bits per heavy atom. The maximum absolute atomic E-state index is 12.9. The predicted molar refractivity (Wildman–Crippen MR) is 109 cm³/mol. The molecule has 1 heterocycles. The summed E-state index contributed by atoms with van der Waals surface area (Å²) < 4.78 is 49.0. The lowest BCUT2D eigenvalue weighted by atomic mass is 10.1. The first-order valence-corrected chi connectivity index (χ1v) is 9.78. The summed E-state index contributed by atoms with van der Waals surface area (Å²) in [6.45, 7) is -0.143. The van der Waals surface area contributed by atoms with Gasteiger partial charge in [-0.1, -0.05) is 18.2 Å². The van der Waals surface area contributed by atoms with Gasteiger partial charge >= 0.3 is 6.18 Å². The van der Waals surface area contributed by atoms with Crippen LogP contribution in [0.1, 0.15) is 26.4 Å². The summed E-state index contributed by atoms with van der Waals surface area (Å²) in [4.78, 5) is 27.8. The van der Waals surface area contributed by atoms with Crippen molar-refractivity contribution in [2.75, 3.05) is 19.0 Å². The Bertz CT molecular complexity index is 1080. The molecule has 0 radical (unpaired) electrons. The molecule has 0 aliphatic rings. The Morgan fingerprint density at radius 3 is 2.71 bits per heavy atom. The number of aldehydes is 1. The van der Waals surface area contributed by atoms with Crippen LogP contribution in [0.3, 0.4) is 0 Å². The van der Waals surface area contributed by atoms with E-state index in [0.717, 1.165) is 12.1 Å². The minimum atomic E-state index is -4.41. The maximum atomic E-state index is 12.9. The summed E-state index contributed by atoms with van der Waals surface area (Å²) >= 11 is 1.17. The third-order valence-corrected chi connectivity index (χ3v) is 5.05. The molecule has 162 valence electrons. The van der Waals surface area contributed by atoms with Crippen molar-refractivity contribution in [1.82, 2.24) is 4.98 Å². The van der Waals surface area contributed by atoms with E-state index in [2.05, 4.69) is 10.3 Å². The number of carbonyl (C=O) groups excluding carboxylic acids is 2. The molecule has 0 unspecified atom stereocenters.